The van der Waals surface area contributed by atoms with Gasteiger partial charge in [0.05, 0.1) is 21.7 Å². The molecule has 10 heteroatoms. The standard InChI is InChI=1S/C17H16FN3O4S2/c1-25-9-8-21-14-7-6-13(27(19,23)24)10-15(14)26-17(21)20-16(22)11-2-4-12(18)5-3-11/h2-7,10H,8-9H2,1H3,(H2,19,23,24). The molecule has 3 aromatic rings. The third-order valence-electron chi connectivity index (χ3n) is 3.79. The van der Waals surface area contributed by atoms with Crippen LogP contribution in [0.2, 0.25) is 0 Å². The lowest BCUT2D eigenvalue weighted by atomic mass is 10.2. The Labute approximate surface area is 158 Å². The van der Waals surface area contributed by atoms with Crippen LogP contribution in [0.15, 0.2) is 52.4 Å². The molecule has 27 heavy (non-hydrogen) atoms. The van der Waals surface area contributed by atoms with Crippen molar-refractivity contribution in [3.05, 3.63) is 58.6 Å². The van der Waals surface area contributed by atoms with Gasteiger partial charge >= 0.3 is 0 Å². The van der Waals surface area contributed by atoms with E-state index in [-0.39, 0.29) is 10.5 Å². The Bertz CT molecular complexity index is 1170. The molecule has 1 heterocycles. The summed E-state index contributed by atoms with van der Waals surface area (Å²) in [6.07, 6.45) is 0. The number of hydrogen-bond donors (Lipinski definition) is 1. The van der Waals surface area contributed by atoms with Gasteiger partial charge in [0.15, 0.2) is 4.80 Å². The molecule has 1 amide bonds. The quantitative estimate of drug-likeness (QED) is 0.695. The number of halogens is 1. The van der Waals surface area contributed by atoms with E-state index in [1.807, 2.05) is 0 Å². The Morgan fingerprint density at radius 1 is 1.26 bits per heavy atom. The summed E-state index contributed by atoms with van der Waals surface area (Å²) < 4.78 is 43.7. The van der Waals surface area contributed by atoms with Crippen LogP contribution in [0.4, 0.5) is 4.39 Å². The Kier molecular flexibility index (Phi) is 5.51. The molecule has 2 N–H and O–H groups in total. The summed E-state index contributed by atoms with van der Waals surface area (Å²) in [5, 5.41) is 5.18. The minimum absolute atomic E-state index is 0.0217. The van der Waals surface area contributed by atoms with Crippen LogP contribution in [0.25, 0.3) is 10.2 Å². The van der Waals surface area contributed by atoms with Crippen molar-refractivity contribution >= 4 is 37.5 Å². The van der Waals surface area contributed by atoms with Gasteiger partial charge in [-0.1, -0.05) is 11.3 Å². The molecular weight excluding hydrogens is 393 g/mol. The molecule has 0 aliphatic heterocycles. The maximum Gasteiger partial charge on any atom is 0.279 e. The van der Waals surface area contributed by atoms with E-state index >= 15 is 0 Å². The van der Waals surface area contributed by atoms with Gasteiger partial charge in [-0.15, -0.1) is 0 Å². The van der Waals surface area contributed by atoms with Crippen LogP contribution in [0.1, 0.15) is 10.4 Å². The minimum atomic E-state index is -3.85. The minimum Gasteiger partial charge on any atom is -0.383 e. The highest BCUT2D eigenvalue weighted by atomic mass is 32.2. The van der Waals surface area contributed by atoms with Gasteiger partial charge in [-0.3, -0.25) is 4.79 Å². The second-order valence-corrected chi connectivity index (χ2v) is 8.20. The van der Waals surface area contributed by atoms with E-state index in [2.05, 4.69) is 4.99 Å². The van der Waals surface area contributed by atoms with Crippen LogP contribution in [0.5, 0.6) is 0 Å². The Hall–Kier alpha value is -2.40. The molecule has 0 saturated carbocycles. The molecule has 0 radical (unpaired) electrons. The number of ether oxygens (including phenoxy) is 1. The zero-order valence-electron chi connectivity index (χ0n) is 14.3. The van der Waals surface area contributed by atoms with Crippen LogP contribution in [0, 0.1) is 5.82 Å². The second kappa shape index (κ2) is 7.69. The number of rotatable bonds is 5. The lowest BCUT2D eigenvalue weighted by Gasteiger charge is -2.05. The van der Waals surface area contributed by atoms with Gasteiger partial charge in [-0.05, 0) is 42.5 Å². The Morgan fingerprint density at radius 2 is 1.96 bits per heavy atom. The number of fused-ring (bicyclic) bond motifs is 1. The molecule has 0 spiro atoms. The Morgan fingerprint density at radius 3 is 2.59 bits per heavy atom. The van der Waals surface area contributed by atoms with E-state index < -0.39 is 21.7 Å². The number of carbonyl (C=O) groups is 1. The summed E-state index contributed by atoms with van der Waals surface area (Å²) in [5.74, 6) is -0.974. The average molecular weight is 409 g/mol. The fourth-order valence-corrected chi connectivity index (χ4v) is 4.17. The summed E-state index contributed by atoms with van der Waals surface area (Å²) in [7, 11) is -2.29. The average Bonchev–Trinajstić information content (AvgIpc) is 2.96. The van der Waals surface area contributed by atoms with Crippen molar-refractivity contribution in [1.29, 1.82) is 0 Å². The normalized spacial score (nSPS) is 12.6. The highest BCUT2D eigenvalue weighted by Gasteiger charge is 2.13. The topological polar surface area (TPSA) is 104 Å². The van der Waals surface area contributed by atoms with Crippen molar-refractivity contribution in [2.45, 2.75) is 11.4 Å². The number of thiazole rings is 1. The van der Waals surface area contributed by atoms with E-state index in [0.29, 0.717) is 28.2 Å². The molecular formula is C17H16FN3O4S2. The van der Waals surface area contributed by atoms with E-state index in [4.69, 9.17) is 9.88 Å². The fraction of sp³-hybridized carbons (Fsp3) is 0.176. The molecule has 0 aliphatic carbocycles. The molecule has 3 rings (SSSR count). The largest absolute Gasteiger partial charge is 0.383 e. The first-order valence-electron chi connectivity index (χ1n) is 7.79. The number of nitrogens with two attached hydrogens (primary N) is 1. The van der Waals surface area contributed by atoms with Crippen LogP contribution in [-0.2, 0) is 21.3 Å². The number of benzene rings is 2. The first-order valence-corrected chi connectivity index (χ1v) is 10.2. The summed E-state index contributed by atoms with van der Waals surface area (Å²) >= 11 is 1.16. The fourth-order valence-electron chi connectivity index (χ4n) is 2.46. The van der Waals surface area contributed by atoms with Crippen molar-refractivity contribution in [2.24, 2.45) is 10.1 Å². The van der Waals surface area contributed by atoms with E-state index in [9.17, 15) is 17.6 Å². The third-order valence-corrected chi connectivity index (χ3v) is 5.74. The molecule has 0 fully saturated rings. The number of primary sulfonamides is 1. The first kappa shape index (κ1) is 19.4. The second-order valence-electron chi connectivity index (χ2n) is 5.63. The predicted octanol–water partition coefficient (Wildman–Crippen LogP) is 1.88. The number of nitrogens with zero attached hydrogens (tertiary/aromatic N) is 2. The Balaban J connectivity index is 2.14. The van der Waals surface area contributed by atoms with Crippen molar-refractivity contribution in [3.63, 3.8) is 0 Å². The number of aromatic nitrogens is 1. The van der Waals surface area contributed by atoms with Gasteiger partial charge in [0, 0.05) is 19.2 Å². The van der Waals surface area contributed by atoms with Gasteiger partial charge in [0.1, 0.15) is 5.82 Å². The summed E-state index contributed by atoms with van der Waals surface area (Å²) in [5.41, 5.74) is 0.951. The van der Waals surface area contributed by atoms with Gasteiger partial charge in [0.25, 0.3) is 5.91 Å². The molecule has 0 atom stereocenters. The highest BCUT2D eigenvalue weighted by Crippen LogP contribution is 2.21. The molecule has 0 bridgehead atoms. The van der Waals surface area contributed by atoms with Gasteiger partial charge in [0.2, 0.25) is 10.0 Å². The smallest absolute Gasteiger partial charge is 0.279 e. The van der Waals surface area contributed by atoms with E-state index in [1.165, 1.54) is 36.4 Å². The van der Waals surface area contributed by atoms with Crippen LogP contribution in [-0.4, -0.2) is 32.6 Å². The monoisotopic (exact) mass is 409 g/mol. The van der Waals surface area contributed by atoms with Crippen LogP contribution >= 0.6 is 11.3 Å². The zero-order valence-corrected chi connectivity index (χ0v) is 15.9. The lowest BCUT2D eigenvalue weighted by Crippen LogP contribution is -2.19. The maximum atomic E-state index is 13.0. The van der Waals surface area contributed by atoms with Crippen molar-refractivity contribution in [2.75, 3.05) is 13.7 Å². The molecule has 142 valence electrons. The number of hydrogen-bond acceptors (Lipinski definition) is 5. The predicted molar refractivity (Wildman–Crippen MR) is 99.4 cm³/mol. The van der Waals surface area contributed by atoms with Crippen LogP contribution < -0.4 is 9.94 Å². The number of methoxy groups -OCH3 is 1. The lowest BCUT2D eigenvalue weighted by molar-refractivity contribution is 0.0997. The summed E-state index contributed by atoms with van der Waals surface area (Å²) in [6, 6.07) is 9.54. The van der Waals surface area contributed by atoms with Crippen molar-refractivity contribution in [1.82, 2.24) is 4.57 Å². The molecule has 2 aromatic carbocycles. The van der Waals surface area contributed by atoms with Gasteiger partial charge in [-0.2, -0.15) is 4.99 Å². The summed E-state index contributed by atoms with van der Waals surface area (Å²) in [6.45, 7) is 0.793. The number of carbonyl (C=O) groups excluding carboxylic acids is 1. The highest BCUT2D eigenvalue weighted by molar-refractivity contribution is 7.89. The van der Waals surface area contributed by atoms with Crippen LogP contribution in [0.3, 0.4) is 0 Å². The molecule has 7 nitrogen and oxygen atoms in total. The molecule has 0 unspecified atom stereocenters. The molecule has 0 aliphatic rings. The van der Waals surface area contributed by atoms with E-state index in [0.717, 1.165) is 11.3 Å². The summed E-state index contributed by atoms with van der Waals surface area (Å²) in [4.78, 5) is 16.9. The molecule has 0 saturated heterocycles. The first-order chi connectivity index (χ1) is 12.8. The zero-order chi connectivity index (χ0) is 19.6. The van der Waals surface area contributed by atoms with Gasteiger partial charge < -0.3 is 9.30 Å². The van der Waals surface area contributed by atoms with Gasteiger partial charge in [-0.25, -0.2) is 17.9 Å². The van der Waals surface area contributed by atoms with E-state index in [1.54, 1.807) is 17.7 Å². The van der Waals surface area contributed by atoms with Crippen molar-refractivity contribution < 1.29 is 22.3 Å². The third kappa shape index (κ3) is 4.30. The number of sulfonamides is 1. The SMILES string of the molecule is COCCn1c(=NC(=O)c2ccc(F)cc2)sc2cc(S(N)(=O)=O)ccc21. The van der Waals surface area contributed by atoms with Crippen molar-refractivity contribution in [3.8, 4) is 0 Å². The maximum absolute atomic E-state index is 13.0. The number of amides is 1. The molecule has 1 aromatic heterocycles.